The highest BCUT2D eigenvalue weighted by atomic mass is 35.5. The SMILES string of the molecule is C[C@@H](N)C(=O)NCC(O)c1ccc(C(C)(C)C)cc1.Cl. The molecular weight excluding hydrogens is 276 g/mol. The fourth-order valence-electron chi connectivity index (χ4n) is 1.68. The van der Waals surface area contributed by atoms with E-state index in [0.717, 1.165) is 5.56 Å². The summed E-state index contributed by atoms with van der Waals surface area (Å²) < 4.78 is 0. The molecule has 1 aromatic rings. The summed E-state index contributed by atoms with van der Waals surface area (Å²) in [6, 6.07) is 7.24. The summed E-state index contributed by atoms with van der Waals surface area (Å²) in [7, 11) is 0. The van der Waals surface area contributed by atoms with Crippen molar-refractivity contribution in [3.05, 3.63) is 35.4 Å². The van der Waals surface area contributed by atoms with Gasteiger partial charge in [-0.15, -0.1) is 12.4 Å². The zero-order valence-electron chi connectivity index (χ0n) is 12.5. The first-order valence-corrected chi connectivity index (χ1v) is 6.53. The highest BCUT2D eigenvalue weighted by Gasteiger charge is 2.15. The van der Waals surface area contributed by atoms with Crippen LogP contribution in [0.3, 0.4) is 0 Å². The summed E-state index contributed by atoms with van der Waals surface area (Å²) in [5.74, 6) is -0.259. The molecule has 0 fully saturated rings. The number of nitrogens with two attached hydrogens (primary N) is 1. The minimum atomic E-state index is -0.711. The Labute approximate surface area is 127 Å². The highest BCUT2D eigenvalue weighted by Crippen LogP contribution is 2.23. The first-order chi connectivity index (χ1) is 8.71. The van der Waals surface area contributed by atoms with Crippen molar-refractivity contribution in [2.45, 2.75) is 45.3 Å². The molecule has 1 amide bonds. The lowest BCUT2D eigenvalue weighted by molar-refractivity contribution is -0.122. The fourth-order valence-corrected chi connectivity index (χ4v) is 1.68. The molecule has 0 bridgehead atoms. The standard InChI is InChI=1S/C15H24N2O2.ClH/c1-10(16)14(19)17-9-13(18)11-5-7-12(8-6-11)15(2,3)4;/h5-8,10,13,18H,9,16H2,1-4H3,(H,17,19);1H/t10-,13?;/m1./s1. The number of carbonyl (C=O) groups is 1. The Bertz CT molecular complexity index is 424. The third-order valence-electron chi connectivity index (χ3n) is 3.04. The van der Waals surface area contributed by atoms with Crippen molar-refractivity contribution in [3.8, 4) is 0 Å². The lowest BCUT2D eigenvalue weighted by atomic mass is 9.86. The summed E-state index contributed by atoms with van der Waals surface area (Å²) in [5.41, 5.74) is 7.53. The van der Waals surface area contributed by atoms with Gasteiger partial charge in [0.05, 0.1) is 12.1 Å². The quantitative estimate of drug-likeness (QED) is 0.795. The van der Waals surface area contributed by atoms with Gasteiger partial charge in [-0.05, 0) is 23.5 Å². The molecule has 0 saturated carbocycles. The molecule has 0 spiro atoms. The average molecular weight is 301 g/mol. The number of rotatable bonds is 4. The lowest BCUT2D eigenvalue weighted by Crippen LogP contribution is -2.40. The van der Waals surface area contributed by atoms with Crippen molar-refractivity contribution in [2.24, 2.45) is 5.73 Å². The van der Waals surface area contributed by atoms with E-state index in [-0.39, 0.29) is 30.3 Å². The van der Waals surface area contributed by atoms with Crippen LogP contribution in [0.5, 0.6) is 0 Å². The molecule has 20 heavy (non-hydrogen) atoms. The van der Waals surface area contributed by atoms with E-state index >= 15 is 0 Å². The van der Waals surface area contributed by atoms with E-state index < -0.39 is 12.1 Å². The van der Waals surface area contributed by atoms with Crippen LogP contribution in [-0.4, -0.2) is 23.6 Å². The van der Waals surface area contributed by atoms with E-state index in [1.165, 1.54) is 5.56 Å². The van der Waals surface area contributed by atoms with Crippen molar-refractivity contribution in [1.29, 1.82) is 0 Å². The summed E-state index contributed by atoms with van der Waals surface area (Å²) in [6.45, 7) is 8.21. The molecule has 1 aromatic carbocycles. The number of halogens is 1. The Balaban J connectivity index is 0.00000361. The molecule has 2 atom stereocenters. The van der Waals surface area contributed by atoms with Crippen LogP contribution in [0, 0.1) is 0 Å². The molecule has 0 aliphatic rings. The Hall–Kier alpha value is -1.10. The van der Waals surface area contributed by atoms with E-state index in [2.05, 4.69) is 26.1 Å². The van der Waals surface area contributed by atoms with Crippen molar-refractivity contribution in [1.82, 2.24) is 5.32 Å². The number of aliphatic hydroxyl groups excluding tert-OH is 1. The van der Waals surface area contributed by atoms with Gasteiger partial charge in [0.25, 0.3) is 0 Å². The van der Waals surface area contributed by atoms with Gasteiger partial charge in [0, 0.05) is 6.54 Å². The Morgan fingerprint density at radius 1 is 1.30 bits per heavy atom. The van der Waals surface area contributed by atoms with Crippen LogP contribution in [0.15, 0.2) is 24.3 Å². The maximum absolute atomic E-state index is 11.3. The van der Waals surface area contributed by atoms with E-state index in [4.69, 9.17) is 5.73 Å². The van der Waals surface area contributed by atoms with Crippen LogP contribution in [0.1, 0.15) is 44.9 Å². The molecule has 0 heterocycles. The molecular formula is C15H25ClN2O2. The smallest absolute Gasteiger partial charge is 0.236 e. The van der Waals surface area contributed by atoms with Crippen molar-refractivity contribution < 1.29 is 9.90 Å². The topological polar surface area (TPSA) is 75.4 Å². The van der Waals surface area contributed by atoms with Crippen LogP contribution >= 0.6 is 12.4 Å². The van der Waals surface area contributed by atoms with E-state index in [1.54, 1.807) is 6.92 Å². The summed E-state index contributed by atoms with van der Waals surface area (Å²) in [5, 5.41) is 12.6. The van der Waals surface area contributed by atoms with Crippen LogP contribution in [0.2, 0.25) is 0 Å². The summed E-state index contributed by atoms with van der Waals surface area (Å²) >= 11 is 0. The fraction of sp³-hybridized carbons (Fsp3) is 0.533. The third kappa shape index (κ3) is 5.49. The number of carbonyl (C=O) groups excluding carboxylic acids is 1. The molecule has 4 nitrogen and oxygen atoms in total. The second-order valence-electron chi connectivity index (χ2n) is 5.92. The molecule has 0 aliphatic heterocycles. The van der Waals surface area contributed by atoms with Crippen molar-refractivity contribution in [2.75, 3.05) is 6.54 Å². The summed E-state index contributed by atoms with van der Waals surface area (Å²) in [6.07, 6.45) is -0.711. The first kappa shape index (κ1) is 18.9. The third-order valence-corrected chi connectivity index (χ3v) is 3.04. The maximum atomic E-state index is 11.3. The van der Waals surface area contributed by atoms with Crippen LogP contribution in [-0.2, 0) is 10.2 Å². The maximum Gasteiger partial charge on any atom is 0.236 e. The molecule has 0 aromatic heterocycles. The molecule has 0 radical (unpaired) electrons. The largest absolute Gasteiger partial charge is 0.387 e. The van der Waals surface area contributed by atoms with Gasteiger partial charge < -0.3 is 16.2 Å². The van der Waals surface area contributed by atoms with Gasteiger partial charge in [-0.2, -0.15) is 0 Å². The molecule has 4 N–H and O–H groups in total. The van der Waals surface area contributed by atoms with Gasteiger partial charge in [-0.3, -0.25) is 4.79 Å². The number of amides is 1. The van der Waals surface area contributed by atoms with Crippen molar-refractivity contribution >= 4 is 18.3 Å². The van der Waals surface area contributed by atoms with Gasteiger partial charge in [-0.25, -0.2) is 0 Å². The highest BCUT2D eigenvalue weighted by molar-refractivity contribution is 5.85. The van der Waals surface area contributed by atoms with Crippen LogP contribution in [0.4, 0.5) is 0 Å². The van der Waals surface area contributed by atoms with Crippen LogP contribution in [0.25, 0.3) is 0 Å². The van der Waals surface area contributed by atoms with E-state index in [1.807, 2.05) is 24.3 Å². The molecule has 0 saturated heterocycles. The predicted octanol–water partition coefficient (Wildman–Crippen LogP) is 1.90. The normalized spacial score (nSPS) is 14.1. The second kappa shape index (κ2) is 7.62. The second-order valence-corrected chi connectivity index (χ2v) is 5.92. The average Bonchev–Trinajstić information content (AvgIpc) is 2.34. The Morgan fingerprint density at radius 3 is 2.20 bits per heavy atom. The van der Waals surface area contributed by atoms with Gasteiger partial charge >= 0.3 is 0 Å². The van der Waals surface area contributed by atoms with E-state index in [9.17, 15) is 9.90 Å². The number of nitrogens with one attached hydrogen (secondary N) is 1. The molecule has 1 unspecified atom stereocenters. The van der Waals surface area contributed by atoms with Crippen molar-refractivity contribution in [3.63, 3.8) is 0 Å². The molecule has 114 valence electrons. The minimum Gasteiger partial charge on any atom is -0.387 e. The number of benzene rings is 1. The van der Waals surface area contributed by atoms with E-state index in [0.29, 0.717) is 0 Å². The Kier molecular flexibility index (Phi) is 7.20. The number of hydrogen-bond donors (Lipinski definition) is 3. The lowest BCUT2D eigenvalue weighted by Gasteiger charge is -2.20. The first-order valence-electron chi connectivity index (χ1n) is 6.53. The van der Waals surface area contributed by atoms with Crippen LogP contribution < -0.4 is 11.1 Å². The van der Waals surface area contributed by atoms with Gasteiger partial charge in [0.1, 0.15) is 0 Å². The molecule has 5 heteroatoms. The summed E-state index contributed by atoms with van der Waals surface area (Å²) in [4.78, 5) is 11.3. The molecule has 0 aliphatic carbocycles. The predicted molar refractivity (Wildman–Crippen MR) is 84.0 cm³/mol. The Morgan fingerprint density at radius 2 is 1.80 bits per heavy atom. The van der Waals surface area contributed by atoms with Gasteiger partial charge in [0.15, 0.2) is 0 Å². The monoisotopic (exact) mass is 300 g/mol. The number of aliphatic hydroxyl groups is 1. The molecule has 1 rings (SSSR count). The zero-order chi connectivity index (χ0) is 14.6. The number of hydrogen-bond acceptors (Lipinski definition) is 3. The van der Waals surface area contributed by atoms with Gasteiger partial charge in [-0.1, -0.05) is 45.0 Å². The minimum absolute atomic E-state index is 0. The zero-order valence-corrected chi connectivity index (χ0v) is 13.3. The van der Waals surface area contributed by atoms with Gasteiger partial charge in [0.2, 0.25) is 5.91 Å².